The van der Waals surface area contributed by atoms with Crippen molar-refractivity contribution in [1.82, 2.24) is 10.2 Å². The van der Waals surface area contributed by atoms with E-state index in [0.717, 1.165) is 29.8 Å². The highest BCUT2D eigenvalue weighted by Gasteiger charge is 2.37. The Labute approximate surface area is 145 Å². The van der Waals surface area contributed by atoms with Crippen LogP contribution >= 0.6 is 0 Å². The van der Waals surface area contributed by atoms with Crippen LogP contribution < -0.4 is 5.32 Å². The van der Waals surface area contributed by atoms with Crippen molar-refractivity contribution in [3.8, 4) is 11.1 Å². The monoisotopic (exact) mass is 342 g/mol. The van der Waals surface area contributed by atoms with E-state index in [0.29, 0.717) is 24.6 Å². The Morgan fingerprint density at radius 1 is 1.08 bits per heavy atom. The van der Waals surface area contributed by atoms with Crippen LogP contribution in [0.15, 0.2) is 42.5 Å². The zero-order valence-electron chi connectivity index (χ0n) is 13.8. The molecular weight excluding hydrogens is 322 g/mol. The molecule has 2 aliphatic rings. The summed E-state index contributed by atoms with van der Waals surface area (Å²) in [7, 11) is 0. The van der Waals surface area contributed by atoms with Crippen molar-refractivity contribution in [1.29, 1.82) is 0 Å². The molecule has 130 valence electrons. The first kappa shape index (κ1) is 16.2. The van der Waals surface area contributed by atoms with Gasteiger partial charge in [0.15, 0.2) is 0 Å². The fourth-order valence-electron chi connectivity index (χ4n) is 4.04. The van der Waals surface area contributed by atoms with Gasteiger partial charge in [0.05, 0.1) is 0 Å². The van der Waals surface area contributed by atoms with Crippen LogP contribution in [0.25, 0.3) is 11.1 Å². The second kappa shape index (κ2) is 6.56. The van der Waals surface area contributed by atoms with E-state index in [1.165, 1.54) is 12.1 Å². The van der Waals surface area contributed by atoms with E-state index >= 15 is 0 Å². The maximum Gasteiger partial charge on any atom is 0.251 e. The third-order valence-corrected chi connectivity index (χ3v) is 5.32. The Bertz CT molecular complexity index is 791. The van der Waals surface area contributed by atoms with Gasteiger partial charge in [-0.1, -0.05) is 24.3 Å². The van der Waals surface area contributed by atoms with E-state index < -0.39 is 0 Å². The summed E-state index contributed by atoms with van der Waals surface area (Å²) in [5, 5.41) is 3.00. The van der Waals surface area contributed by atoms with Gasteiger partial charge in [-0.25, -0.2) is 8.78 Å². The van der Waals surface area contributed by atoms with Crippen LogP contribution in [-0.2, 0) is 0 Å². The molecule has 2 atom stereocenters. The SMILES string of the molecule is O=C1NC[C@@H]2CN(CCF)C[C@H]2c2ccc(-c3ccc(F)cc3)cc21. The molecule has 0 aliphatic carbocycles. The van der Waals surface area contributed by atoms with E-state index in [4.69, 9.17) is 0 Å². The highest BCUT2D eigenvalue weighted by Crippen LogP contribution is 2.37. The van der Waals surface area contributed by atoms with E-state index in [2.05, 4.69) is 10.2 Å². The van der Waals surface area contributed by atoms with Gasteiger partial charge in [0.2, 0.25) is 0 Å². The molecule has 0 spiro atoms. The maximum atomic E-state index is 13.1. The second-order valence-electron chi connectivity index (χ2n) is 6.83. The normalized spacial score (nSPS) is 22.9. The summed E-state index contributed by atoms with van der Waals surface area (Å²) in [6.07, 6.45) is 0. The molecule has 1 fully saturated rings. The minimum absolute atomic E-state index is 0.0644. The van der Waals surface area contributed by atoms with Crippen LogP contribution in [-0.4, -0.2) is 43.7 Å². The first-order chi connectivity index (χ1) is 12.2. The van der Waals surface area contributed by atoms with E-state index in [-0.39, 0.29) is 24.3 Å². The lowest BCUT2D eigenvalue weighted by atomic mass is 9.86. The molecule has 2 heterocycles. The molecular formula is C20H20F2N2O. The number of hydrogen-bond acceptors (Lipinski definition) is 2. The summed E-state index contributed by atoms with van der Waals surface area (Å²) in [5.74, 6) is 0.208. The number of carbonyl (C=O) groups is 1. The lowest BCUT2D eigenvalue weighted by molar-refractivity contribution is 0.0951. The molecule has 2 aromatic carbocycles. The number of rotatable bonds is 3. The summed E-state index contributed by atoms with van der Waals surface area (Å²) < 4.78 is 25.8. The summed E-state index contributed by atoms with van der Waals surface area (Å²) in [5.41, 5.74) is 3.48. The number of nitrogens with one attached hydrogen (secondary N) is 1. The largest absolute Gasteiger partial charge is 0.352 e. The Hall–Kier alpha value is -2.27. The van der Waals surface area contributed by atoms with Gasteiger partial charge in [0.25, 0.3) is 5.91 Å². The number of likely N-dealkylation sites (tertiary alicyclic amines) is 1. The van der Waals surface area contributed by atoms with Crippen LogP contribution in [0.1, 0.15) is 21.8 Å². The van der Waals surface area contributed by atoms with Gasteiger partial charge in [-0.15, -0.1) is 0 Å². The van der Waals surface area contributed by atoms with Crippen molar-refractivity contribution in [3.05, 3.63) is 59.4 Å². The number of halogens is 2. The predicted octanol–water partition coefficient (Wildman–Crippen LogP) is 3.22. The highest BCUT2D eigenvalue weighted by molar-refractivity contribution is 5.97. The van der Waals surface area contributed by atoms with Crippen molar-refractivity contribution in [2.24, 2.45) is 5.92 Å². The molecule has 3 nitrogen and oxygen atoms in total. The number of fused-ring (bicyclic) bond motifs is 3. The molecule has 4 rings (SSSR count). The van der Waals surface area contributed by atoms with Gasteiger partial charge >= 0.3 is 0 Å². The molecule has 0 aromatic heterocycles. The van der Waals surface area contributed by atoms with Crippen molar-refractivity contribution >= 4 is 5.91 Å². The molecule has 25 heavy (non-hydrogen) atoms. The maximum absolute atomic E-state index is 13.1. The fourth-order valence-corrected chi connectivity index (χ4v) is 4.04. The Balaban J connectivity index is 1.71. The minimum atomic E-state index is -0.345. The van der Waals surface area contributed by atoms with Crippen molar-refractivity contribution in [2.75, 3.05) is 32.9 Å². The molecule has 1 saturated heterocycles. The van der Waals surface area contributed by atoms with E-state index in [1.54, 1.807) is 12.1 Å². The summed E-state index contributed by atoms with van der Waals surface area (Å²) in [6.45, 7) is 2.32. The van der Waals surface area contributed by atoms with E-state index in [9.17, 15) is 13.6 Å². The molecule has 0 unspecified atom stereocenters. The lowest BCUT2D eigenvalue weighted by Crippen LogP contribution is -2.30. The summed E-state index contributed by atoms with van der Waals surface area (Å²) in [6, 6.07) is 12.2. The van der Waals surface area contributed by atoms with E-state index in [1.807, 2.05) is 18.2 Å². The Kier molecular flexibility index (Phi) is 4.25. The average molecular weight is 342 g/mol. The topological polar surface area (TPSA) is 32.3 Å². The predicted molar refractivity (Wildman–Crippen MR) is 92.8 cm³/mol. The van der Waals surface area contributed by atoms with Crippen LogP contribution in [0.2, 0.25) is 0 Å². The van der Waals surface area contributed by atoms with Crippen LogP contribution in [0.4, 0.5) is 8.78 Å². The molecule has 0 bridgehead atoms. The van der Waals surface area contributed by atoms with Gasteiger partial charge in [0, 0.05) is 37.7 Å². The van der Waals surface area contributed by atoms with Crippen molar-refractivity contribution in [3.63, 3.8) is 0 Å². The van der Waals surface area contributed by atoms with Crippen molar-refractivity contribution < 1.29 is 13.6 Å². The number of nitrogens with zero attached hydrogens (tertiary/aromatic N) is 1. The first-order valence-corrected chi connectivity index (χ1v) is 8.62. The zero-order chi connectivity index (χ0) is 17.4. The zero-order valence-corrected chi connectivity index (χ0v) is 13.8. The molecule has 2 aliphatic heterocycles. The summed E-state index contributed by atoms with van der Waals surface area (Å²) in [4.78, 5) is 14.7. The van der Waals surface area contributed by atoms with Crippen LogP contribution in [0.3, 0.4) is 0 Å². The number of hydrogen-bond donors (Lipinski definition) is 1. The Morgan fingerprint density at radius 2 is 1.84 bits per heavy atom. The number of alkyl halides is 1. The molecule has 0 radical (unpaired) electrons. The quantitative estimate of drug-likeness (QED) is 0.929. The molecule has 1 amide bonds. The van der Waals surface area contributed by atoms with Gasteiger partial charge in [-0.3, -0.25) is 9.69 Å². The molecule has 5 heteroatoms. The average Bonchev–Trinajstić information content (AvgIpc) is 2.97. The molecule has 2 aromatic rings. The van der Waals surface area contributed by atoms with Crippen LogP contribution in [0.5, 0.6) is 0 Å². The minimum Gasteiger partial charge on any atom is -0.352 e. The Morgan fingerprint density at radius 3 is 2.60 bits per heavy atom. The standard InChI is InChI=1S/C20H20F2N2O/c21-7-8-24-11-15-10-23-20(25)18-9-14(3-6-17(18)19(15)12-24)13-1-4-16(22)5-2-13/h1-6,9,15,19H,7-8,10-12H2,(H,23,25)/t15-,19-/m1/s1. The van der Waals surface area contributed by atoms with Gasteiger partial charge in [-0.05, 0) is 40.8 Å². The highest BCUT2D eigenvalue weighted by atomic mass is 19.1. The van der Waals surface area contributed by atoms with Crippen LogP contribution in [0, 0.1) is 11.7 Å². The fraction of sp³-hybridized carbons (Fsp3) is 0.350. The first-order valence-electron chi connectivity index (χ1n) is 8.62. The van der Waals surface area contributed by atoms with Crippen molar-refractivity contribution in [2.45, 2.75) is 5.92 Å². The van der Waals surface area contributed by atoms with Gasteiger partial charge in [0.1, 0.15) is 12.5 Å². The number of carbonyl (C=O) groups excluding carboxylic acids is 1. The molecule has 0 saturated carbocycles. The third kappa shape index (κ3) is 3.04. The smallest absolute Gasteiger partial charge is 0.251 e. The lowest BCUT2D eigenvalue weighted by Gasteiger charge is -2.17. The molecule has 1 N–H and O–H groups in total. The van der Waals surface area contributed by atoms with Gasteiger partial charge < -0.3 is 5.32 Å². The summed E-state index contributed by atoms with van der Waals surface area (Å²) >= 11 is 0. The third-order valence-electron chi connectivity index (χ3n) is 5.32. The number of amides is 1. The van der Waals surface area contributed by atoms with Gasteiger partial charge in [-0.2, -0.15) is 0 Å². The number of benzene rings is 2. The second-order valence-corrected chi connectivity index (χ2v) is 6.83.